The topological polar surface area (TPSA) is 64.2 Å². The monoisotopic (exact) mass is 236 g/mol. The molecule has 0 aliphatic carbocycles. The lowest BCUT2D eigenvalue weighted by atomic mass is 10.1. The van der Waals surface area contributed by atoms with E-state index in [0.29, 0.717) is 12.2 Å². The third-order valence-electron chi connectivity index (χ3n) is 3.33. The number of hydrogen-bond acceptors (Lipinski definition) is 3. The zero-order chi connectivity index (χ0) is 12.3. The van der Waals surface area contributed by atoms with Gasteiger partial charge in [0.1, 0.15) is 5.69 Å². The number of nitrogens with two attached hydrogens (primary N) is 1. The lowest BCUT2D eigenvalue weighted by Crippen LogP contribution is -2.44. The molecule has 0 saturated carbocycles. The van der Waals surface area contributed by atoms with E-state index in [0.717, 1.165) is 25.8 Å². The van der Waals surface area contributed by atoms with Crippen molar-refractivity contribution in [3.63, 3.8) is 0 Å². The average Bonchev–Trinajstić information content (AvgIpc) is 2.64. The first-order valence-corrected chi connectivity index (χ1v) is 6.21. The normalized spacial score (nSPS) is 21.3. The summed E-state index contributed by atoms with van der Waals surface area (Å²) >= 11 is 0. The van der Waals surface area contributed by atoms with Crippen LogP contribution < -0.4 is 5.73 Å². The molecule has 94 valence electrons. The summed E-state index contributed by atoms with van der Waals surface area (Å²) in [6.45, 7) is 1.34. The standard InChI is InChI=1S/C12H20N4O/c1-15-8-11(14-9-15)12(17)16-6-4-2-3-5-10(16)7-13/h8-10H,2-7,13H2,1H3. The van der Waals surface area contributed by atoms with Crippen LogP contribution in [0.15, 0.2) is 12.5 Å². The molecule has 17 heavy (non-hydrogen) atoms. The van der Waals surface area contributed by atoms with Gasteiger partial charge in [0.2, 0.25) is 0 Å². The second-order valence-corrected chi connectivity index (χ2v) is 4.66. The van der Waals surface area contributed by atoms with Gasteiger partial charge in [0.05, 0.1) is 6.33 Å². The molecule has 0 bridgehead atoms. The summed E-state index contributed by atoms with van der Waals surface area (Å²) in [5.74, 6) is 0.0166. The Labute approximate surface area is 102 Å². The summed E-state index contributed by atoms with van der Waals surface area (Å²) < 4.78 is 1.79. The van der Waals surface area contributed by atoms with Crippen LogP contribution in [0.25, 0.3) is 0 Å². The Balaban J connectivity index is 2.15. The van der Waals surface area contributed by atoms with E-state index in [1.165, 1.54) is 6.42 Å². The van der Waals surface area contributed by atoms with Crippen LogP contribution in [0, 0.1) is 0 Å². The zero-order valence-electron chi connectivity index (χ0n) is 10.3. The highest BCUT2D eigenvalue weighted by Crippen LogP contribution is 2.18. The van der Waals surface area contributed by atoms with Crippen molar-refractivity contribution in [3.8, 4) is 0 Å². The Morgan fingerprint density at radius 2 is 2.35 bits per heavy atom. The Morgan fingerprint density at radius 1 is 1.53 bits per heavy atom. The van der Waals surface area contributed by atoms with E-state index in [2.05, 4.69) is 4.98 Å². The molecule has 1 fully saturated rings. The van der Waals surface area contributed by atoms with Crippen LogP contribution >= 0.6 is 0 Å². The average molecular weight is 236 g/mol. The molecule has 1 unspecified atom stereocenters. The molecule has 2 rings (SSSR count). The van der Waals surface area contributed by atoms with E-state index in [4.69, 9.17) is 5.73 Å². The summed E-state index contributed by atoms with van der Waals surface area (Å²) in [7, 11) is 1.87. The predicted molar refractivity (Wildman–Crippen MR) is 65.6 cm³/mol. The fraction of sp³-hybridized carbons (Fsp3) is 0.667. The summed E-state index contributed by atoms with van der Waals surface area (Å²) in [4.78, 5) is 18.3. The van der Waals surface area contributed by atoms with Crippen LogP contribution in [0.2, 0.25) is 0 Å². The summed E-state index contributed by atoms with van der Waals surface area (Å²) in [6, 6.07) is 0.173. The van der Waals surface area contributed by atoms with E-state index < -0.39 is 0 Å². The first-order chi connectivity index (χ1) is 8.22. The molecule has 0 spiro atoms. The fourth-order valence-corrected chi connectivity index (χ4v) is 2.36. The molecule has 1 atom stereocenters. The van der Waals surface area contributed by atoms with Crippen molar-refractivity contribution < 1.29 is 4.79 Å². The number of imidazole rings is 1. The second kappa shape index (κ2) is 5.31. The van der Waals surface area contributed by atoms with Gasteiger partial charge in [0.25, 0.3) is 5.91 Å². The fourth-order valence-electron chi connectivity index (χ4n) is 2.36. The van der Waals surface area contributed by atoms with E-state index in [1.54, 1.807) is 17.1 Å². The van der Waals surface area contributed by atoms with Crippen molar-refractivity contribution in [1.29, 1.82) is 0 Å². The highest BCUT2D eigenvalue weighted by Gasteiger charge is 2.26. The van der Waals surface area contributed by atoms with Crippen LogP contribution in [0.1, 0.15) is 36.2 Å². The Kier molecular flexibility index (Phi) is 3.78. The SMILES string of the molecule is Cn1cnc(C(=O)N2CCCCCC2CN)c1. The lowest BCUT2D eigenvalue weighted by Gasteiger charge is -2.28. The van der Waals surface area contributed by atoms with Crippen LogP contribution in [-0.4, -0.2) is 39.5 Å². The smallest absolute Gasteiger partial charge is 0.274 e. The maximum Gasteiger partial charge on any atom is 0.274 e. The van der Waals surface area contributed by atoms with Gasteiger partial charge >= 0.3 is 0 Å². The second-order valence-electron chi connectivity index (χ2n) is 4.66. The molecule has 1 aromatic rings. The van der Waals surface area contributed by atoms with Gasteiger partial charge in [-0.3, -0.25) is 4.79 Å². The highest BCUT2D eigenvalue weighted by atomic mass is 16.2. The Bertz CT molecular complexity index is 388. The van der Waals surface area contributed by atoms with Crippen molar-refractivity contribution in [2.24, 2.45) is 12.8 Å². The third kappa shape index (κ3) is 2.66. The molecule has 0 aromatic carbocycles. The third-order valence-corrected chi connectivity index (χ3v) is 3.33. The van der Waals surface area contributed by atoms with Crippen LogP contribution in [-0.2, 0) is 7.05 Å². The quantitative estimate of drug-likeness (QED) is 0.824. The molecule has 1 aliphatic rings. The summed E-state index contributed by atoms with van der Waals surface area (Å²) in [6.07, 6.45) is 7.84. The number of carbonyl (C=O) groups excluding carboxylic acids is 1. The maximum absolute atomic E-state index is 12.3. The number of aromatic nitrogens is 2. The zero-order valence-corrected chi connectivity index (χ0v) is 10.3. The number of nitrogens with zero attached hydrogens (tertiary/aromatic N) is 3. The molecular formula is C12H20N4O. The highest BCUT2D eigenvalue weighted by molar-refractivity contribution is 5.92. The van der Waals surface area contributed by atoms with Gasteiger partial charge in [0, 0.05) is 32.4 Å². The van der Waals surface area contributed by atoms with Gasteiger partial charge in [-0.15, -0.1) is 0 Å². The molecule has 5 heteroatoms. The number of hydrogen-bond donors (Lipinski definition) is 1. The predicted octanol–water partition coefficient (Wildman–Crippen LogP) is 0.764. The van der Waals surface area contributed by atoms with Gasteiger partial charge in [-0.2, -0.15) is 0 Å². The van der Waals surface area contributed by atoms with E-state index >= 15 is 0 Å². The number of rotatable bonds is 2. The largest absolute Gasteiger partial charge is 0.340 e. The van der Waals surface area contributed by atoms with Crippen LogP contribution in [0.5, 0.6) is 0 Å². The van der Waals surface area contributed by atoms with Gasteiger partial charge < -0.3 is 15.2 Å². The molecule has 1 amide bonds. The van der Waals surface area contributed by atoms with Crippen molar-refractivity contribution in [2.45, 2.75) is 31.7 Å². The molecule has 1 saturated heterocycles. The van der Waals surface area contributed by atoms with Crippen LogP contribution in [0.4, 0.5) is 0 Å². The van der Waals surface area contributed by atoms with E-state index in [-0.39, 0.29) is 11.9 Å². The first-order valence-electron chi connectivity index (χ1n) is 6.21. The van der Waals surface area contributed by atoms with Gasteiger partial charge in [0.15, 0.2) is 0 Å². The first kappa shape index (κ1) is 12.1. The molecule has 0 radical (unpaired) electrons. The molecule has 2 N–H and O–H groups in total. The van der Waals surface area contributed by atoms with Gasteiger partial charge in [-0.05, 0) is 12.8 Å². The molecule has 1 aliphatic heterocycles. The van der Waals surface area contributed by atoms with Crippen molar-refractivity contribution in [1.82, 2.24) is 14.5 Å². The summed E-state index contributed by atoms with van der Waals surface area (Å²) in [5.41, 5.74) is 6.29. The van der Waals surface area contributed by atoms with Crippen molar-refractivity contribution >= 4 is 5.91 Å². The number of aryl methyl sites for hydroxylation is 1. The van der Waals surface area contributed by atoms with Crippen molar-refractivity contribution in [2.75, 3.05) is 13.1 Å². The van der Waals surface area contributed by atoms with E-state index in [1.807, 2.05) is 11.9 Å². The molecule has 1 aromatic heterocycles. The number of likely N-dealkylation sites (tertiary alicyclic amines) is 1. The Morgan fingerprint density at radius 3 is 3.00 bits per heavy atom. The van der Waals surface area contributed by atoms with Gasteiger partial charge in [-0.25, -0.2) is 4.98 Å². The molecule has 5 nitrogen and oxygen atoms in total. The lowest BCUT2D eigenvalue weighted by molar-refractivity contribution is 0.0683. The maximum atomic E-state index is 12.3. The minimum absolute atomic E-state index is 0.0166. The van der Waals surface area contributed by atoms with Gasteiger partial charge in [-0.1, -0.05) is 12.8 Å². The molecular weight excluding hydrogens is 216 g/mol. The summed E-state index contributed by atoms with van der Waals surface area (Å²) in [5, 5.41) is 0. The molecule has 2 heterocycles. The van der Waals surface area contributed by atoms with Crippen molar-refractivity contribution in [3.05, 3.63) is 18.2 Å². The van der Waals surface area contributed by atoms with Crippen LogP contribution in [0.3, 0.4) is 0 Å². The number of carbonyl (C=O) groups is 1. The Hall–Kier alpha value is -1.36. The minimum atomic E-state index is 0.0166. The van der Waals surface area contributed by atoms with E-state index in [9.17, 15) is 4.79 Å². The number of amides is 1. The minimum Gasteiger partial charge on any atom is -0.340 e.